The zero-order valence-electron chi connectivity index (χ0n) is 11.1. The molecule has 1 heterocycles. The van der Waals surface area contributed by atoms with Crippen LogP contribution in [0.1, 0.15) is 27.2 Å². The summed E-state index contributed by atoms with van der Waals surface area (Å²) in [6, 6.07) is 2.33. The molecule has 0 saturated carbocycles. The van der Waals surface area contributed by atoms with Gasteiger partial charge >= 0.3 is 11.7 Å². The van der Waals surface area contributed by atoms with Gasteiger partial charge in [0.1, 0.15) is 0 Å². The number of anilines is 1. The normalized spacial score (nSPS) is 12.8. The average molecular weight is 267 g/mol. The molecular formula is C12H17N3O4. The van der Waals surface area contributed by atoms with Gasteiger partial charge in [0.2, 0.25) is 5.82 Å². The second-order valence-electron chi connectivity index (χ2n) is 5.29. The fourth-order valence-electron chi connectivity index (χ4n) is 1.57. The summed E-state index contributed by atoms with van der Waals surface area (Å²) >= 11 is 0. The Labute approximate surface area is 110 Å². The molecule has 0 fully saturated rings. The van der Waals surface area contributed by atoms with Crippen molar-refractivity contribution in [2.24, 2.45) is 5.41 Å². The summed E-state index contributed by atoms with van der Waals surface area (Å²) < 4.78 is 0. The van der Waals surface area contributed by atoms with Crippen molar-refractivity contribution in [2.75, 3.05) is 5.32 Å². The van der Waals surface area contributed by atoms with Crippen LogP contribution >= 0.6 is 0 Å². The number of hydrogen-bond donors (Lipinski definition) is 2. The Kier molecular flexibility index (Phi) is 4.42. The third kappa shape index (κ3) is 4.20. The number of carbonyl (C=O) groups is 1. The lowest BCUT2D eigenvalue weighted by Gasteiger charge is -2.30. The maximum absolute atomic E-state index is 10.9. The molecule has 0 aliphatic carbocycles. The highest BCUT2D eigenvalue weighted by molar-refractivity contribution is 5.69. The molecule has 0 radical (unpaired) electrons. The van der Waals surface area contributed by atoms with E-state index in [0.717, 1.165) is 0 Å². The van der Waals surface area contributed by atoms with Gasteiger partial charge in [0.15, 0.2) is 0 Å². The van der Waals surface area contributed by atoms with Gasteiger partial charge in [0.25, 0.3) is 0 Å². The number of rotatable bonds is 5. The Morgan fingerprint density at radius 2 is 2.21 bits per heavy atom. The molecule has 0 spiro atoms. The number of nitro groups is 1. The Bertz CT molecular complexity index is 482. The zero-order valence-corrected chi connectivity index (χ0v) is 11.1. The third-order valence-electron chi connectivity index (χ3n) is 2.72. The minimum Gasteiger partial charge on any atom is -0.481 e. The van der Waals surface area contributed by atoms with Crippen LogP contribution in [0.2, 0.25) is 0 Å². The molecule has 104 valence electrons. The van der Waals surface area contributed by atoms with E-state index in [1.54, 1.807) is 0 Å². The van der Waals surface area contributed by atoms with E-state index in [4.69, 9.17) is 5.11 Å². The van der Waals surface area contributed by atoms with Crippen molar-refractivity contribution in [2.45, 2.75) is 33.2 Å². The molecule has 0 aliphatic heterocycles. The molecule has 7 heteroatoms. The van der Waals surface area contributed by atoms with Gasteiger partial charge < -0.3 is 10.4 Å². The van der Waals surface area contributed by atoms with Gasteiger partial charge in [-0.05, 0) is 11.5 Å². The van der Waals surface area contributed by atoms with Crippen molar-refractivity contribution < 1.29 is 14.8 Å². The van der Waals surface area contributed by atoms with E-state index in [1.807, 2.05) is 20.8 Å². The van der Waals surface area contributed by atoms with Crippen LogP contribution in [0.4, 0.5) is 11.5 Å². The third-order valence-corrected chi connectivity index (χ3v) is 2.72. The number of pyridine rings is 1. The lowest BCUT2D eigenvalue weighted by molar-refractivity contribution is -0.384. The Morgan fingerprint density at radius 1 is 1.58 bits per heavy atom. The van der Waals surface area contributed by atoms with E-state index < -0.39 is 16.9 Å². The zero-order chi connectivity index (χ0) is 14.6. The first-order valence-electron chi connectivity index (χ1n) is 5.79. The highest BCUT2D eigenvalue weighted by Gasteiger charge is 2.29. The maximum Gasteiger partial charge on any atom is 0.311 e. The molecule has 1 aromatic rings. The van der Waals surface area contributed by atoms with Gasteiger partial charge in [-0.3, -0.25) is 14.9 Å². The van der Waals surface area contributed by atoms with Crippen molar-refractivity contribution in [1.29, 1.82) is 0 Å². The SMILES string of the molecule is CC(C)(C)C(CC(=O)O)Nc1ncccc1[N+](=O)[O-]. The fraction of sp³-hybridized carbons (Fsp3) is 0.500. The number of carboxylic acid groups (broad SMARTS) is 1. The van der Waals surface area contributed by atoms with Gasteiger partial charge in [-0.15, -0.1) is 0 Å². The summed E-state index contributed by atoms with van der Waals surface area (Å²) in [6.07, 6.45) is 1.28. The Morgan fingerprint density at radius 3 is 2.68 bits per heavy atom. The monoisotopic (exact) mass is 267 g/mol. The number of nitrogens with zero attached hydrogens (tertiary/aromatic N) is 2. The summed E-state index contributed by atoms with van der Waals surface area (Å²) in [7, 11) is 0. The molecule has 1 aromatic heterocycles. The first-order chi connectivity index (χ1) is 8.71. The molecule has 1 rings (SSSR count). The number of aromatic nitrogens is 1. The molecule has 1 atom stereocenters. The number of carboxylic acids is 1. The van der Waals surface area contributed by atoms with E-state index in [-0.39, 0.29) is 23.3 Å². The largest absolute Gasteiger partial charge is 0.481 e. The molecule has 2 N–H and O–H groups in total. The minimum absolute atomic E-state index is 0.0914. The predicted molar refractivity (Wildman–Crippen MR) is 70.0 cm³/mol. The lowest BCUT2D eigenvalue weighted by Crippen LogP contribution is -2.36. The van der Waals surface area contributed by atoms with Gasteiger partial charge in [-0.1, -0.05) is 20.8 Å². The van der Waals surface area contributed by atoms with Gasteiger partial charge in [-0.25, -0.2) is 4.98 Å². The summed E-state index contributed by atoms with van der Waals surface area (Å²) in [4.78, 5) is 25.1. The first-order valence-corrected chi connectivity index (χ1v) is 5.79. The van der Waals surface area contributed by atoms with Gasteiger partial charge in [0, 0.05) is 18.3 Å². The highest BCUT2D eigenvalue weighted by atomic mass is 16.6. The maximum atomic E-state index is 10.9. The quantitative estimate of drug-likeness (QED) is 0.626. The summed E-state index contributed by atoms with van der Waals surface area (Å²) in [5.74, 6) is -0.875. The van der Waals surface area contributed by atoms with Crippen LogP contribution in [0.25, 0.3) is 0 Å². The van der Waals surface area contributed by atoms with E-state index in [2.05, 4.69) is 10.3 Å². The predicted octanol–water partition coefficient (Wildman–Crippen LogP) is 2.29. The molecule has 0 aliphatic rings. The first kappa shape index (κ1) is 14.9. The topological polar surface area (TPSA) is 105 Å². The second-order valence-corrected chi connectivity index (χ2v) is 5.29. The van der Waals surface area contributed by atoms with Gasteiger partial charge in [0.05, 0.1) is 11.3 Å². The number of hydrogen-bond acceptors (Lipinski definition) is 5. The standard InChI is InChI=1S/C12H17N3O4/c1-12(2,3)9(7-10(16)17)14-11-8(15(18)19)5-4-6-13-11/h4-6,9H,7H2,1-3H3,(H,13,14)(H,16,17). The smallest absolute Gasteiger partial charge is 0.311 e. The van der Waals surface area contributed by atoms with Crippen LogP contribution in [-0.2, 0) is 4.79 Å². The number of nitrogens with one attached hydrogen (secondary N) is 1. The van der Waals surface area contributed by atoms with Crippen LogP contribution in [0.5, 0.6) is 0 Å². The Hall–Kier alpha value is -2.18. The van der Waals surface area contributed by atoms with Crippen molar-refractivity contribution in [3.8, 4) is 0 Å². The van der Waals surface area contributed by atoms with Crippen LogP contribution in [0.3, 0.4) is 0 Å². The van der Waals surface area contributed by atoms with Crippen LogP contribution in [0.15, 0.2) is 18.3 Å². The second kappa shape index (κ2) is 5.64. The van der Waals surface area contributed by atoms with Crippen LogP contribution in [0, 0.1) is 15.5 Å². The molecule has 0 bridgehead atoms. The molecule has 0 saturated heterocycles. The molecule has 7 nitrogen and oxygen atoms in total. The minimum atomic E-state index is -0.967. The fourth-order valence-corrected chi connectivity index (χ4v) is 1.57. The summed E-state index contributed by atoms with van der Waals surface area (Å²) in [6.45, 7) is 5.59. The van der Waals surface area contributed by atoms with Crippen molar-refractivity contribution in [1.82, 2.24) is 4.98 Å². The molecular weight excluding hydrogens is 250 g/mol. The van der Waals surface area contributed by atoms with Crippen molar-refractivity contribution in [3.63, 3.8) is 0 Å². The average Bonchev–Trinajstić information content (AvgIpc) is 2.26. The summed E-state index contributed by atoms with van der Waals surface area (Å²) in [5.41, 5.74) is -0.536. The number of aliphatic carboxylic acids is 1. The van der Waals surface area contributed by atoms with E-state index >= 15 is 0 Å². The Balaban J connectivity index is 3.03. The van der Waals surface area contributed by atoms with Crippen molar-refractivity contribution in [3.05, 3.63) is 28.4 Å². The van der Waals surface area contributed by atoms with E-state index in [0.29, 0.717) is 0 Å². The molecule has 1 unspecified atom stereocenters. The van der Waals surface area contributed by atoms with Gasteiger partial charge in [-0.2, -0.15) is 0 Å². The van der Waals surface area contributed by atoms with E-state index in [1.165, 1.54) is 18.3 Å². The van der Waals surface area contributed by atoms with Crippen LogP contribution in [-0.4, -0.2) is 27.0 Å². The van der Waals surface area contributed by atoms with Crippen molar-refractivity contribution >= 4 is 17.5 Å². The summed E-state index contributed by atoms with van der Waals surface area (Å²) in [5, 5.41) is 22.7. The molecule has 19 heavy (non-hydrogen) atoms. The van der Waals surface area contributed by atoms with E-state index in [9.17, 15) is 14.9 Å². The highest BCUT2D eigenvalue weighted by Crippen LogP contribution is 2.28. The lowest BCUT2D eigenvalue weighted by atomic mass is 9.84. The van der Waals surface area contributed by atoms with Crippen LogP contribution < -0.4 is 5.32 Å². The molecule has 0 amide bonds. The molecule has 0 aromatic carbocycles.